The minimum absolute atomic E-state index is 0.0116. The first-order chi connectivity index (χ1) is 18.0. The molecule has 3 amide bonds. The number of aromatic nitrogens is 2. The van der Waals surface area contributed by atoms with Gasteiger partial charge >= 0.3 is 0 Å². The smallest absolute Gasteiger partial charge is 0.254 e. The lowest BCUT2D eigenvalue weighted by Crippen LogP contribution is -2.46. The maximum absolute atomic E-state index is 13.2. The van der Waals surface area contributed by atoms with Crippen molar-refractivity contribution >= 4 is 23.7 Å². The Hall–Kier alpha value is -4.27. The molecule has 2 aromatic carbocycles. The van der Waals surface area contributed by atoms with Crippen molar-refractivity contribution in [2.75, 3.05) is 31.6 Å². The molecule has 0 radical (unpaired) electrons. The highest BCUT2D eigenvalue weighted by atomic mass is 16.5. The van der Waals surface area contributed by atoms with Crippen LogP contribution in [0, 0.1) is 0 Å². The van der Waals surface area contributed by atoms with Gasteiger partial charge in [0.15, 0.2) is 0 Å². The molecule has 1 atom stereocenters. The van der Waals surface area contributed by atoms with Gasteiger partial charge in [-0.05, 0) is 41.7 Å². The van der Waals surface area contributed by atoms with Crippen molar-refractivity contribution < 1.29 is 19.1 Å². The average Bonchev–Trinajstić information content (AvgIpc) is 3.63. The monoisotopic (exact) mass is 497 g/mol. The molecule has 0 saturated carbocycles. The van der Waals surface area contributed by atoms with Crippen molar-refractivity contribution in [3.63, 3.8) is 0 Å². The number of hydrogen-bond acceptors (Lipinski definition) is 7. The number of hydrogen-bond donors (Lipinski definition) is 1. The van der Waals surface area contributed by atoms with Gasteiger partial charge in [-0.15, -0.1) is 0 Å². The predicted molar refractivity (Wildman–Crippen MR) is 136 cm³/mol. The maximum atomic E-state index is 13.2. The fourth-order valence-electron chi connectivity index (χ4n) is 5.55. The summed E-state index contributed by atoms with van der Waals surface area (Å²) >= 11 is 0. The molecule has 6 rings (SSSR count). The number of amides is 3. The van der Waals surface area contributed by atoms with Gasteiger partial charge in [-0.25, -0.2) is 9.97 Å². The van der Waals surface area contributed by atoms with E-state index in [2.05, 4.69) is 20.2 Å². The summed E-state index contributed by atoms with van der Waals surface area (Å²) in [6.07, 6.45) is 5.93. The third-order valence-corrected chi connectivity index (χ3v) is 7.60. The second-order valence-corrected chi connectivity index (χ2v) is 9.86. The summed E-state index contributed by atoms with van der Waals surface area (Å²) in [7, 11) is 1.56. The molecule has 4 heterocycles. The number of methoxy groups -OCH3 is 1. The van der Waals surface area contributed by atoms with Gasteiger partial charge in [-0.3, -0.25) is 19.7 Å². The zero-order valence-electron chi connectivity index (χ0n) is 20.6. The summed E-state index contributed by atoms with van der Waals surface area (Å²) in [5, 5.41) is 2.45. The van der Waals surface area contributed by atoms with Gasteiger partial charge in [0.05, 0.1) is 7.11 Å². The molecule has 9 heteroatoms. The lowest BCUT2D eigenvalue weighted by Gasteiger charge is -2.31. The van der Waals surface area contributed by atoms with Gasteiger partial charge in [-0.2, -0.15) is 0 Å². The molecule has 1 aromatic heterocycles. The van der Waals surface area contributed by atoms with E-state index in [1.807, 2.05) is 48.8 Å². The van der Waals surface area contributed by atoms with Crippen molar-refractivity contribution in [3.8, 4) is 16.9 Å². The van der Waals surface area contributed by atoms with Gasteiger partial charge in [0.25, 0.3) is 5.91 Å². The Bertz CT molecular complexity index is 1380. The molecule has 0 aliphatic carbocycles. The highest BCUT2D eigenvalue weighted by molar-refractivity contribution is 6.10. The molecule has 2 fully saturated rings. The third kappa shape index (κ3) is 4.00. The van der Waals surface area contributed by atoms with Crippen molar-refractivity contribution in [3.05, 3.63) is 71.5 Å². The van der Waals surface area contributed by atoms with Crippen LogP contribution in [-0.4, -0.2) is 59.3 Å². The summed E-state index contributed by atoms with van der Waals surface area (Å²) in [4.78, 5) is 51.6. The largest absolute Gasteiger partial charge is 0.497 e. The summed E-state index contributed by atoms with van der Waals surface area (Å²) < 4.78 is 5.27. The van der Waals surface area contributed by atoms with E-state index in [1.54, 1.807) is 18.1 Å². The Morgan fingerprint density at radius 1 is 0.973 bits per heavy atom. The fourth-order valence-corrected chi connectivity index (χ4v) is 5.55. The van der Waals surface area contributed by atoms with Crippen LogP contribution in [0.3, 0.4) is 0 Å². The van der Waals surface area contributed by atoms with Crippen LogP contribution >= 0.6 is 0 Å². The zero-order valence-corrected chi connectivity index (χ0v) is 20.6. The lowest BCUT2D eigenvalue weighted by atomic mass is 9.78. The van der Waals surface area contributed by atoms with E-state index in [9.17, 15) is 14.4 Å². The number of fused-ring (bicyclic) bond motifs is 1. The lowest BCUT2D eigenvalue weighted by molar-refractivity contribution is -0.126. The molecule has 37 heavy (non-hydrogen) atoms. The molecule has 188 valence electrons. The van der Waals surface area contributed by atoms with Crippen LogP contribution < -0.4 is 15.0 Å². The van der Waals surface area contributed by atoms with Crippen LogP contribution in [0.1, 0.15) is 40.7 Å². The van der Waals surface area contributed by atoms with Crippen LogP contribution in [0.15, 0.2) is 54.9 Å². The minimum atomic E-state index is -1.16. The summed E-state index contributed by atoms with van der Waals surface area (Å²) in [5.41, 5.74) is 2.75. The van der Waals surface area contributed by atoms with Crippen LogP contribution in [-0.2, 0) is 21.5 Å². The Labute approximate surface area is 214 Å². The number of nitrogens with one attached hydrogen (secondary N) is 1. The predicted octanol–water partition coefficient (Wildman–Crippen LogP) is 2.69. The average molecular weight is 498 g/mol. The molecule has 0 unspecified atom stereocenters. The van der Waals surface area contributed by atoms with Gasteiger partial charge < -0.3 is 14.5 Å². The zero-order chi connectivity index (χ0) is 25.6. The van der Waals surface area contributed by atoms with Gasteiger partial charge in [-0.1, -0.05) is 30.3 Å². The molecular weight excluding hydrogens is 470 g/mol. The molecular formula is C28H27N5O4. The minimum Gasteiger partial charge on any atom is -0.497 e. The number of benzene rings is 2. The summed E-state index contributed by atoms with van der Waals surface area (Å²) in [6, 6.07) is 12.9. The molecule has 3 aromatic rings. The number of imide groups is 1. The topological polar surface area (TPSA) is 105 Å². The first kappa shape index (κ1) is 23.1. The number of carbonyl (C=O) groups is 3. The van der Waals surface area contributed by atoms with Crippen LogP contribution in [0.2, 0.25) is 0 Å². The van der Waals surface area contributed by atoms with E-state index in [0.717, 1.165) is 48.6 Å². The normalized spacial score (nSPS) is 20.9. The standard InChI is InChI=1S/C28H27N5O4/c1-37-22-9-6-19-16-33(25(35)23(19)12-22)17-28(13-24(34)31-26(28)36)21-7-4-18(5-8-21)20-14-29-27(30-15-20)32-10-2-3-11-32/h4-9,12,14-15H,2-3,10-11,13,16-17H2,1H3,(H,31,34,36)/t28-/m1/s1. The number of ether oxygens (including phenoxy) is 1. The Balaban J connectivity index is 1.27. The Kier molecular flexibility index (Phi) is 5.62. The second-order valence-electron chi connectivity index (χ2n) is 9.86. The van der Waals surface area contributed by atoms with Crippen LogP contribution in [0.5, 0.6) is 5.75 Å². The Morgan fingerprint density at radius 3 is 2.35 bits per heavy atom. The molecule has 3 aliphatic heterocycles. The fraction of sp³-hybridized carbons (Fsp3) is 0.321. The molecule has 1 N–H and O–H groups in total. The SMILES string of the molecule is COc1ccc2c(c1)C(=O)N(C[C@@]1(c3ccc(-c4cnc(N5CCCC5)nc4)cc3)CC(=O)NC1=O)C2. The second kappa shape index (κ2) is 8.99. The van der Waals surface area contributed by atoms with Gasteiger partial charge in [0.1, 0.15) is 11.2 Å². The summed E-state index contributed by atoms with van der Waals surface area (Å²) in [6.45, 7) is 2.44. The Morgan fingerprint density at radius 2 is 1.70 bits per heavy atom. The molecule has 9 nitrogen and oxygen atoms in total. The van der Waals surface area contributed by atoms with Gasteiger partial charge in [0.2, 0.25) is 17.8 Å². The molecule has 0 spiro atoms. The number of rotatable bonds is 6. The maximum Gasteiger partial charge on any atom is 0.254 e. The summed E-state index contributed by atoms with van der Waals surface area (Å²) in [5.74, 6) is 0.445. The van der Waals surface area contributed by atoms with Crippen molar-refractivity contribution in [2.24, 2.45) is 0 Å². The van der Waals surface area contributed by atoms with Crippen LogP contribution in [0.4, 0.5) is 5.95 Å². The first-order valence-electron chi connectivity index (χ1n) is 12.5. The highest BCUT2D eigenvalue weighted by Gasteiger charge is 2.50. The van der Waals surface area contributed by atoms with Crippen molar-refractivity contribution in [1.29, 1.82) is 0 Å². The van der Waals surface area contributed by atoms with Crippen molar-refractivity contribution in [1.82, 2.24) is 20.2 Å². The van der Waals surface area contributed by atoms with E-state index in [4.69, 9.17) is 4.74 Å². The van der Waals surface area contributed by atoms with Crippen LogP contribution in [0.25, 0.3) is 11.1 Å². The third-order valence-electron chi connectivity index (χ3n) is 7.60. The van der Waals surface area contributed by atoms with E-state index in [1.165, 1.54) is 0 Å². The van der Waals surface area contributed by atoms with E-state index in [0.29, 0.717) is 23.4 Å². The van der Waals surface area contributed by atoms with E-state index < -0.39 is 5.41 Å². The van der Waals surface area contributed by atoms with Crippen molar-refractivity contribution in [2.45, 2.75) is 31.2 Å². The van der Waals surface area contributed by atoms with Gasteiger partial charge in [0, 0.05) is 56.1 Å². The number of anilines is 1. The van der Waals surface area contributed by atoms with E-state index >= 15 is 0 Å². The number of nitrogens with zero attached hydrogens (tertiary/aromatic N) is 4. The molecule has 2 saturated heterocycles. The quantitative estimate of drug-likeness (QED) is 0.522. The molecule has 3 aliphatic rings. The first-order valence-corrected chi connectivity index (χ1v) is 12.5. The highest BCUT2D eigenvalue weighted by Crippen LogP contribution is 2.37. The number of carbonyl (C=O) groups excluding carboxylic acids is 3. The van der Waals surface area contributed by atoms with E-state index in [-0.39, 0.29) is 30.7 Å². The molecule has 0 bridgehead atoms.